The molecule has 2 unspecified atom stereocenters. The van der Waals surface area contributed by atoms with Crippen LogP contribution in [0.1, 0.15) is 23.7 Å². The molecule has 0 radical (unpaired) electrons. The van der Waals surface area contributed by atoms with Crippen molar-refractivity contribution in [3.63, 3.8) is 0 Å². The molecule has 18 heavy (non-hydrogen) atoms. The number of aryl methyl sites for hydroxylation is 1. The summed E-state index contributed by atoms with van der Waals surface area (Å²) in [6.07, 6.45) is 1.96. The van der Waals surface area contributed by atoms with Crippen LogP contribution >= 0.6 is 0 Å². The fourth-order valence-corrected chi connectivity index (χ4v) is 3.16. The Hall–Kier alpha value is -1.13. The predicted octanol–water partition coefficient (Wildman–Crippen LogP) is 2.05. The van der Waals surface area contributed by atoms with Gasteiger partial charge in [-0.05, 0) is 36.1 Å². The van der Waals surface area contributed by atoms with Gasteiger partial charge in [-0.15, -0.1) is 0 Å². The molecule has 3 rings (SSSR count). The van der Waals surface area contributed by atoms with E-state index in [2.05, 4.69) is 4.90 Å². The van der Waals surface area contributed by atoms with Crippen LogP contribution in [-0.2, 0) is 11.2 Å². The van der Waals surface area contributed by atoms with Crippen LogP contribution < -0.4 is 0 Å². The number of morpholine rings is 1. The van der Waals surface area contributed by atoms with Crippen LogP contribution in [0.3, 0.4) is 0 Å². The van der Waals surface area contributed by atoms with Crippen molar-refractivity contribution < 1.29 is 14.2 Å². The number of nitrogens with zero attached hydrogens (tertiary/aromatic N) is 1. The molecule has 2 aliphatic rings. The maximum atomic E-state index is 12.6. The fraction of sp³-hybridized carbons (Fsp3) is 0.571. The average molecular weight is 250 g/mol. The van der Waals surface area contributed by atoms with Gasteiger partial charge in [0.1, 0.15) is 12.4 Å². The molecule has 1 aliphatic carbocycles. The van der Waals surface area contributed by atoms with E-state index in [1.165, 1.54) is 5.56 Å². The smallest absolute Gasteiger partial charge is 0.115 e. The van der Waals surface area contributed by atoms with Crippen molar-refractivity contribution in [3.05, 3.63) is 29.3 Å². The minimum atomic E-state index is -0.309. The maximum absolute atomic E-state index is 12.6. The van der Waals surface area contributed by atoms with E-state index in [4.69, 9.17) is 4.74 Å². The van der Waals surface area contributed by atoms with Gasteiger partial charge in [0.15, 0.2) is 0 Å². The summed E-state index contributed by atoms with van der Waals surface area (Å²) in [5.74, 6) is 0.278. The summed E-state index contributed by atoms with van der Waals surface area (Å²) in [4.78, 5) is 2.18. The quantitative estimate of drug-likeness (QED) is 0.872. The minimum absolute atomic E-state index is 0.0128. The molecule has 0 aromatic heterocycles. The molecular weight excluding hydrogens is 232 g/mol. The van der Waals surface area contributed by atoms with Gasteiger partial charge in [-0.2, -0.15) is 0 Å². The second-order valence-electron chi connectivity index (χ2n) is 5.01. The Morgan fingerprint density at radius 1 is 1.44 bits per heavy atom. The van der Waals surface area contributed by atoms with E-state index in [-0.39, 0.29) is 24.6 Å². The van der Waals surface area contributed by atoms with Crippen LogP contribution in [0.2, 0.25) is 0 Å². The molecule has 1 N–H and O–H groups in total. The lowest BCUT2D eigenvalue weighted by atomic mass is 9.84. The van der Waals surface area contributed by atoms with Crippen LogP contribution in [0.4, 0.5) is 4.39 Å². The number of phenols is 1. The van der Waals surface area contributed by atoms with Gasteiger partial charge in [0.2, 0.25) is 0 Å². The lowest BCUT2D eigenvalue weighted by Gasteiger charge is -2.44. The fourth-order valence-electron chi connectivity index (χ4n) is 3.16. The summed E-state index contributed by atoms with van der Waals surface area (Å²) in [5, 5.41) is 9.62. The van der Waals surface area contributed by atoms with Gasteiger partial charge in [-0.25, -0.2) is 4.39 Å². The Kier molecular flexibility index (Phi) is 3.22. The van der Waals surface area contributed by atoms with Gasteiger partial charge in [-0.1, -0.05) is 6.07 Å². The van der Waals surface area contributed by atoms with Gasteiger partial charge in [0.05, 0.1) is 12.7 Å². The molecule has 1 fully saturated rings. The number of hydrogen-bond acceptors (Lipinski definition) is 3. The molecule has 98 valence electrons. The van der Waals surface area contributed by atoms with Crippen molar-refractivity contribution >= 4 is 0 Å². The van der Waals surface area contributed by atoms with Crippen molar-refractivity contribution in [1.29, 1.82) is 0 Å². The Morgan fingerprint density at radius 2 is 2.33 bits per heavy atom. The molecule has 0 bridgehead atoms. The van der Waals surface area contributed by atoms with E-state index in [0.717, 1.165) is 24.9 Å². The molecule has 1 heterocycles. The molecule has 1 saturated heterocycles. The highest BCUT2D eigenvalue weighted by molar-refractivity contribution is 5.39. The molecule has 0 saturated carbocycles. The van der Waals surface area contributed by atoms with Crippen LogP contribution in [0.25, 0.3) is 0 Å². The van der Waals surface area contributed by atoms with Crippen molar-refractivity contribution in [2.24, 2.45) is 0 Å². The van der Waals surface area contributed by atoms with Gasteiger partial charge in [0.25, 0.3) is 0 Å². The summed E-state index contributed by atoms with van der Waals surface area (Å²) in [5.41, 5.74) is 2.32. The first-order valence-corrected chi connectivity index (χ1v) is 6.53. The lowest BCUT2D eigenvalue weighted by Crippen LogP contribution is -2.49. The molecule has 1 aromatic rings. The van der Waals surface area contributed by atoms with E-state index in [9.17, 15) is 9.50 Å². The van der Waals surface area contributed by atoms with Gasteiger partial charge < -0.3 is 9.84 Å². The van der Waals surface area contributed by atoms with Crippen molar-refractivity contribution in [3.8, 4) is 5.75 Å². The normalized spacial score (nSPS) is 27.6. The summed E-state index contributed by atoms with van der Waals surface area (Å²) in [6, 6.07) is 5.74. The first kappa shape index (κ1) is 11.9. The number of fused-ring (bicyclic) bond motifs is 3. The number of rotatable bonds is 2. The molecule has 2 atom stereocenters. The molecular formula is C14H18FNO2. The number of benzene rings is 1. The highest BCUT2D eigenvalue weighted by Gasteiger charge is 2.37. The third kappa shape index (κ3) is 1.99. The molecule has 3 nitrogen and oxygen atoms in total. The zero-order valence-corrected chi connectivity index (χ0v) is 10.3. The Bertz CT molecular complexity index is 436. The molecule has 4 heteroatoms. The summed E-state index contributed by atoms with van der Waals surface area (Å²) < 4.78 is 18.4. The monoisotopic (exact) mass is 250 g/mol. The van der Waals surface area contributed by atoms with Crippen molar-refractivity contribution in [2.45, 2.75) is 25.0 Å². The number of halogens is 1. The van der Waals surface area contributed by atoms with E-state index in [0.29, 0.717) is 13.2 Å². The zero-order chi connectivity index (χ0) is 12.5. The Morgan fingerprint density at radius 3 is 3.17 bits per heavy atom. The van der Waals surface area contributed by atoms with E-state index in [1.807, 2.05) is 6.07 Å². The second-order valence-corrected chi connectivity index (χ2v) is 5.01. The topological polar surface area (TPSA) is 32.7 Å². The zero-order valence-electron chi connectivity index (χ0n) is 10.3. The van der Waals surface area contributed by atoms with Crippen LogP contribution in [-0.4, -0.2) is 42.4 Å². The van der Waals surface area contributed by atoms with Crippen LogP contribution in [0, 0.1) is 0 Å². The third-order valence-corrected chi connectivity index (χ3v) is 4.01. The summed E-state index contributed by atoms with van der Waals surface area (Å²) >= 11 is 0. The highest BCUT2D eigenvalue weighted by Crippen LogP contribution is 2.39. The molecule has 1 aromatic carbocycles. The standard InChI is InChI=1S/C14H18FNO2/c15-5-6-16-7-8-18-14-12-9-11(17)3-1-10(12)2-4-13(14)16/h1,3,9,13-14,17H,2,4-8H2/i15-1. The second kappa shape index (κ2) is 4.86. The minimum Gasteiger partial charge on any atom is -0.508 e. The largest absolute Gasteiger partial charge is 0.508 e. The number of aromatic hydroxyl groups is 1. The van der Waals surface area contributed by atoms with Gasteiger partial charge in [-0.3, -0.25) is 4.90 Å². The third-order valence-electron chi connectivity index (χ3n) is 4.01. The summed E-state index contributed by atoms with van der Waals surface area (Å²) in [7, 11) is 0. The van der Waals surface area contributed by atoms with Gasteiger partial charge >= 0.3 is 0 Å². The van der Waals surface area contributed by atoms with E-state index < -0.39 is 0 Å². The average Bonchev–Trinajstić information content (AvgIpc) is 2.39. The summed E-state index contributed by atoms with van der Waals surface area (Å²) in [6.45, 7) is 1.62. The predicted molar refractivity (Wildman–Crippen MR) is 66.5 cm³/mol. The molecule has 0 spiro atoms. The number of hydrogen-bond donors (Lipinski definition) is 1. The van der Waals surface area contributed by atoms with Crippen LogP contribution in [0.5, 0.6) is 5.75 Å². The lowest BCUT2D eigenvalue weighted by molar-refractivity contribution is -0.0814. The first-order chi connectivity index (χ1) is 8.79. The number of alkyl halides is 1. The maximum Gasteiger partial charge on any atom is 0.115 e. The van der Waals surface area contributed by atoms with E-state index >= 15 is 0 Å². The van der Waals surface area contributed by atoms with E-state index in [1.54, 1.807) is 12.1 Å². The Labute approximate surface area is 106 Å². The van der Waals surface area contributed by atoms with Crippen molar-refractivity contribution in [2.75, 3.05) is 26.4 Å². The molecule has 1 aliphatic heterocycles. The molecule has 0 amide bonds. The Balaban J connectivity index is 1.91. The van der Waals surface area contributed by atoms with Crippen LogP contribution in [0.15, 0.2) is 18.2 Å². The van der Waals surface area contributed by atoms with Crippen molar-refractivity contribution in [1.82, 2.24) is 4.90 Å². The highest BCUT2D eigenvalue weighted by atomic mass is 18.2. The van der Waals surface area contributed by atoms with Gasteiger partial charge in [0, 0.05) is 19.1 Å². The first-order valence-electron chi connectivity index (χ1n) is 6.53. The number of phenolic OH excluding ortho intramolecular Hbond substituents is 1. The SMILES string of the molecule is Oc1ccc2c(c1)C1OCCN(CC[18F])C1CC2. The number of ether oxygens (including phenoxy) is 1.